The molecular weight excluding hydrogens is 210 g/mol. The highest BCUT2D eigenvalue weighted by Crippen LogP contribution is 2.42. The number of carboxylic acids is 1. The van der Waals surface area contributed by atoms with E-state index in [1.807, 2.05) is 13.8 Å². The normalized spacial score (nSPS) is 25.1. The van der Waals surface area contributed by atoms with E-state index in [9.17, 15) is 9.59 Å². The lowest BCUT2D eigenvalue weighted by atomic mass is 9.81. The number of aliphatic carboxylic acids is 1. The summed E-state index contributed by atoms with van der Waals surface area (Å²) in [4.78, 5) is 22.5. The number of hydrogen-bond acceptors (Lipinski definition) is 3. The Balaban J connectivity index is 2.61. The van der Waals surface area contributed by atoms with Crippen molar-refractivity contribution in [3.8, 4) is 0 Å². The maximum atomic E-state index is 11.8. The van der Waals surface area contributed by atoms with Crippen LogP contribution in [-0.2, 0) is 9.59 Å². The van der Waals surface area contributed by atoms with Gasteiger partial charge in [-0.15, -0.1) is 0 Å². The molecule has 0 bridgehead atoms. The van der Waals surface area contributed by atoms with Gasteiger partial charge in [-0.2, -0.15) is 0 Å². The van der Waals surface area contributed by atoms with E-state index in [4.69, 9.17) is 10.2 Å². The van der Waals surface area contributed by atoms with Gasteiger partial charge in [-0.05, 0) is 18.3 Å². The minimum absolute atomic E-state index is 0.0808. The van der Waals surface area contributed by atoms with Crippen LogP contribution in [0.4, 0.5) is 0 Å². The summed E-state index contributed by atoms with van der Waals surface area (Å²) in [6.07, 6.45) is 2.75. The van der Waals surface area contributed by atoms with Gasteiger partial charge in [0.15, 0.2) is 0 Å². The summed E-state index contributed by atoms with van der Waals surface area (Å²) >= 11 is 0. The van der Waals surface area contributed by atoms with Crippen LogP contribution in [0.1, 0.15) is 33.1 Å². The molecule has 1 saturated carbocycles. The lowest BCUT2D eigenvalue weighted by Gasteiger charge is -2.26. The van der Waals surface area contributed by atoms with Gasteiger partial charge in [-0.25, -0.2) is 4.79 Å². The van der Waals surface area contributed by atoms with E-state index < -0.39 is 18.6 Å². The van der Waals surface area contributed by atoms with Crippen molar-refractivity contribution in [1.82, 2.24) is 5.32 Å². The second-order valence-corrected chi connectivity index (χ2v) is 5.02. The number of rotatable bonds is 4. The zero-order valence-electron chi connectivity index (χ0n) is 9.69. The van der Waals surface area contributed by atoms with Crippen LogP contribution in [0.15, 0.2) is 0 Å². The molecule has 1 amide bonds. The van der Waals surface area contributed by atoms with Crippen molar-refractivity contribution < 1.29 is 19.8 Å². The van der Waals surface area contributed by atoms with Crippen molar-refractivity contribution >= 4 is 11.9 Å². The molecule has 1 aliphatic rings. The topological polar surface area (TPSA) is 86.6 Å². The quantitative estimate of drug-likeness (QED) is 0.650. The van der Waals surface area contributed by atoms with Gasteiger partial charge in [0, 0.05) is 5.92 Å². The van der Waals surface area contributed by atoms with Crippen LogP contribution in [0.2, 0.25) is 0 Å². The van der Waals surface area contributed by atoms with Crippen molar-refractivity contribution in [3.05, 3.63) is 0 Å². The Morgan fingerprint density at radius 3 is 2.50 bits per heavy atom. The fraction of sp³-hybridized carbons (Fsp3) is 0.818. The monoisotopic (exact) mass is 229 g/mol. The molecule has 1 rings (SSSR count). The molecule has 5 heteroatoms. The molecule has 0 aromatic rings. The van der Waals surface area contributed by atoms with Gasteiger partial charge in [0.2, 0.25) is 5.91 Å². The summed E-state index contributed by atoms with van der Waals surface area (Å²) in [6.45, 7) is 3.45. The largest absolute Gasteiger partial charge is 0.480 e. The van der Waals surface area contributed by atoms with Crippen LogP contribution in [0, 0.1) is 11.3 Å². The number of aliphatic hydroxyl groups excluding tert-OH is 1. The molecule has 16 heavy (non-hydrogen) atoms. The van der Waals surface area contributed by atoms with E-state index in [-0.39, 0.29) is 17.2 Å². The number of carboxylic acid groups (broad SMARTS) is 1. The Hall–Kier alpha value is -1.10. The van der Waals surface area contributed by atoms with Gasteiger partial charge in [-0.3, -0.25) is 4.79 Å². The molecule has 0 heterocycles. The van der Waals surface area contributed by atoms with Crippen LogP contribution < -0.4 is 5.32 Å². The highest BCUT2D eigenvalue weighted by Gasteiger charge is 2.40. The van der Waals surface area contributed by atoms with Gasteiger partial charge in [-0.1, -0.05) is 20.3 Å². The predicted molar refractivity (Wildman–Crippen MR) is 57.8 cm³/mol. The molecular formula is C11H19NO4. The molecule has 3 N–H and O–H groups in total. The smallest absolute Gasteiger partial charge is 0.328 e. The second kappa shape index (κ2) is 4.82. The first-order chi connectivity index (χ1) is 7.38. The number of nitrogens with one attached hydrogen (secondary N) is 1. The standard InChI is InChI=1S/C11H19NO4/c1-11(2)5-3-4-7(11)9(14)12-8(6-13)10(15)16/h7-8,13H,3-6H2,1-2H3,(H,12,14)(H,15,16)/t7?,8-/m0/s1. The Bertz CT molecular complexity index is 288. The molecule has 0 radical (unpaired) electrons. The van der Waals surface area contributed by atoms with E-state index in [0.717, 1.165) is 19.3 Å². The minimum Gasteiger partial charge on any atom is -0.480 e. The molecule has 1 unspecified atom stereocenters. The molecule has 0 spiro atoms. The third-order valence-corrected chi connectivity index (χ3v) is 3.37. The summed E-state index contributed by atoms with van der Waals surface area (Å²) in [6, 6.07) is -1.19. The maximum Gasteiger partial charge on any atom is 0.328 e. The van der Waals surface area contributed by atoms with Crippen molar-refractivity contribution in [2.45, 2.75) is 39.2 Å². The molecule has 1 aliphatic carbocycles. The second-order valence-electron chi connectivity index (χ2n) is 5.02. The number of carbonyl (C=O) groups excluding carboxylic acids is 1. The van der Waals surface area contributed by atoms with E-state index in [0.29, 0.717) is 0 Å². The average molecular weight is 229 g/mol. The summed E-state index contributed by atoms with van der Waals surface area (Å²) in [5.74, 6) is -1.61. The number of aliphatic hydroxyl groups is 1. The highest BCUT2D eigenvalue weighted by molar-refractivity contribution is 5.85. The average Bonchev–Trinajstić information content (AvgIpc) is 2.53. The van der Waals surface area contributed by atoms with Gasteiger partial charge in [0.25, 0.3) is 0 Å². The van der Waals surface area contributed by atoms with Crippen molar-refractivity contribution in [2.24, 2.45) is 11.3 Å². The van der Waals surface area contributed by atoms with Crippen molar-refractivity contribution in [1.29, 1.82) is 0 Å². The number of carbonyl (C=O) groups is 2. The molecule has 92 valence electrons. The van der Waals surface area contributed by atoms with Crippen molar-refractivity contribution in [2.75, 3.05) is 6.61 Å². The summed E-state index contributed by atoms with van der Waals surface area (Å²) in [7, 11) is 0. The summed E-state index contributed by atoms with van der Waals surface area (Å²) in [5.41, 5.74) is -0.0808. The van der Waals surface area contributed by atoms with Crippen LogP contribution in [0.3, 0.4) is 0 Å². The van der Waals surface area contributed by atoms with Crippen LogP contribution in [-0.4, -0.2) is 34.7 Å². The molecule has 1 fully saturated rings. The molecule has 0 saturated heterocycles. The van der Waals surface area contributed by atoms with E-state index in [1.165, 1.54) is 0 Å². The Morgan fingerprint density at radius 2 is 2.12 bits per heavy atom. The van der Waals surface area contributed by atoms with E-state index >= 15 is 0 Å². The predicted octanol–water partition coefficient (Wildman–Crippen LogP) is 0.374. The van der Waals surface area contributed by atoms with Crippen LogP contribution in [0.5, 0.6) is 0 Å². The Kier molecular flexibility index (Phi) is 3.91. The molecule has 5 nitrogen and oxygen atoms in total. The zero-order chi connectivity index (χ0) is 12.3. The maximum absolute atomic E-state index is 11.8. The minimum atomic E-state index is -1.20. The van der Waals surface area contributed by atoms with Crippen molar-refractivity contribution in [3.63, 3.8) is 0 Å². The lowest BCUT2D eigenvalue weighted by molar-refractivity contribution is -0.144. The fourth-order valence-electron chi connectivity index (χ4n) is 2.27. The highest BCUT2D eigenvalue weighted by atomic mass is 16.4. The Morgan fingerprint density at radius 1 is 1.50 bits per heavy atom. The van der Waals surface area contributed by atoms with E-state index in [2.05, 4.69) is 5.32 Å². The van der Waals surface area contributed by atoms with Crippen LogP contribution >= 0.6 is 0 Å². The third-order valence-electron chi connectivity index (χ3n) is 3.37. The van der Waals surface area contributed by atoms with E-state index in [1.54, 1.807) is 0 Å². The van der Waals surface area contributed by atoms with Gasteiger partial charge in [0.05, 0.1) is 6.61 Å². The zero-order valence-corrected chi connectivity index (χ0v) is 9.69. The fourth-order valence-corrected chi connectivity index (χ4v) is 2.27. The molecule has 2 atom stereocenters. The van der Waals surface area contributed by atoms with Gasteiger partial charge in [0.1, 0.15) is 6.04 Å². The summed E-state index contributed by atoms with van der Waals surface area (Å²) in [5, 5.41) is 19.9. The Labute approximate surface area is 94.8 Å². The lowest BCUT2D eigenvalue weighted by Crippen LogP contribution is -2.47. The number of amides is 1. The molecule has 0 aromatic heterocycles. The molecule has 0 aromatic carbocycles. The summed E-state index contributed by atoms with van der Waals surface area (Å²) < 4.78 is 0. The van der Waals surface area contributed by atoms with Gasteiger partial charge < -0.3 is 15.5 Å². The SMILES string of the molecule is CC1(C)CCCC1C(=O)N[C@@H](CO)C(=O)O. The molecule has 0 aliphatic heterocycles. The van der Waals surface area contributed by atoms with Crippen LogP contribution in [0.25, 0.3) is 0 Å². The third kappa shape index (κ3) is 2.72. The number of hydrogen-bond donors (Lipinski definition) is 3. The first-order valence-electron chi connectivity index (χ1n) is 5.52. The first-order valence-corrected chi connectivity index (χ1v) is 5.52. The first kappa shape index (κ1) is 13.0. The van der Waals surface area contributed by atoms with Gasteiger partial charge >= 0.3 is 5.97 Å².